The van der Waals surface area contributed by atoms with Gasteiger partial charge in [-0.3, -0.25) is 29.3 Å². The van der Waals surface area contributed by atoms with Crippen LogP contribution in [-0.4, -0.2) is 58.0 Å². The molecule has 11 heteroatoms. The van der Waals surface area contributed by atoms with E-state index < -0.39 is 11.4 Å². The number of fused-ring (bicyclic) bond motifs is 3. The average molecular weight is 632 g/mol. The summed E-state index contributed by atoms with van der Waals surface area (Å²) in [7, 11) is 3.60. The van der Waals surface area contributed by atoms with E-state index in [0.717, 1.165) is 52.3 Å². The molecular formula is C36H34FN7O3. The maximum Gasteiger partial charge on any atom is 0.249 e. The lowest BCUT2D eigenvalue weighted by Gasteiger charge is -2.15. The maximum absolute atomic E-state index is 13.2. The van der Waals surface area contributed by atoms with Crippen molar-refractivity contribution in [3.63, 3.8) is 0 Å². The Labute approximate surface area is 272 Å². The Morgan fingerprint density at radius 1 is 0.766 bits per heavy atom. The van der Waals surface area contributed by atoms with E-state index in [1.165, 1.54) is 18.5 Å². The van der Waals surface area contributed by atoms with Crippen LogP contribution in [0.4, 0.5) is 15.8 Å². The third kappa shape index (κ3) is 5.84. The second-order valence-corrected chi connectivity index (χ2v) is 12.5. The Balaban J connectivity index is 0.000000137. The van der Waals surface area contributed by atoms with Crippen LogP contribution in [0.15, 0.2) is 78.3 Å². The van der Waals surface area contributed by atoms with Gasteiger partial charge in [-0.2, -0.15) is 4.39 Å². The Morgan fingerprint density at radius 2 is 1.36 bits per heavy atom. The quantitative estimate of drug-likeness (QED) is 0.266. The second kappa shape index (κ2) is 12.1. The molecule has 7 heterocycles. The van der Waals surface area contributed by atoms with Crippen LogP contribution in [0.2, 0.25) is 0 Å². The maximum atomic E-state index is 13.2. The number of hydrogen-bond acceptors (Lipinski definition) is 7. The Morgan fingerprint density at radius 3 is 1.91 bits per heavy atom. The zero-order valence-corrected chi connectivity index (χ0v) is 26.9. The monoisotopic (exact) mass is 631 g/mol. The van der Waals surface area contributed by atoms with Crippen molar-refractivity contribution in [3.8, 4) is 22.5 Å². The molecule has 0 saturated heterocycles. The molecule has 4 aromatic rings. The highest BCUT2D eigenvalue weighted by Crippen LogP contribution is 2.57. The number of pyridine rings is 4. The number of rotatable bonds is 2. The topological polar surface area (TPSA) is 122 Å². The fourth-order valence-corrected chi connectivity index (χ4v) is 6.08. The number of carbonyl (C=O) groups is 3. The van der Waals surface area contributed by atoms with Crippen molar-refractivity contribution in [2.45, 2.75) is 50.9 Å². The number of dihydropyridines is 1. The predicted octanol–water partition coefficient (Wildman–Crippen LogP) is 5.54. The molecule has 1 fully saturated rings. The summed E-state index contributed by atoms with van der Waals surface area (Å²) in [5.74, 6) is -0.346. The standard InChI is InChI=1S/C16H15N3O.C15H14FN3O.C5H5NO/c1-10-7-11(3-6-17-10)13-8-14-12(9-18-13)16(4-5-16)15(20)19(14)2;1-15(2)10-8-18-11(7-12(10)19(3)14(15)20)9-4-5-17-13(16)6-9;7-5-3-1-2-4-6-5/h3,6-9H,4-5H2,1-2H3;4-8H,1-3H3;1-2,4H,3H2. The molecule has 0 N–H and O–H groups in total. The van der Waals surface area contributed by atoms with Crippen LogP contribution in [0.3, 0.4) is 0 Å². The predicted molar refractivity (Wildman–Crippen MR) is 178 cm³/mol. The first-order chi connectivity index (χ1) is 22.4. The summed E-state index contributed by atoms with van der Waals surface area (Å²) in [6, 6.07) is 10.8. The van der Waals surface area contributed by atoms with Gasteiger partial charge in [0.15, 0.2) is 0 Å². The molecule has 0 aromatic carbocycles. The molecule has 3 amide bonds. The molecule has 0 unspecified atom stereocenters. The summed E-state index contributed by atoms with van der Waals surface area (Å²) < 4.78 is 13.2. The molecule has 47 heavy (non-hydrogen) atoms. The summed E-state index contributed by atoms with van der Waals surface area (Å²) in [4.78, 5) is 58.3. The number of likely N-dealkylation sites (N-methyl/N-ethyl adjacent to an activating group) is 2. The average Bonchev–Trinajstić information content (AvgIpc) is 3.83. The van der Waals surface area contributed by atoms with Gasteiger partial charge in [0.1, 0.15) is 0 Å². The van der Waals surface area contributed by atoms with Gasteiger partial charge in [-0.05, 0) is 70.0 Å². The summed E-state index contributed by atoms with van der Waals surface area (Å²) in [5.41, 5.74) is 7.17. The molecule has 1 aliphatic carbocycles. The molecule has 4 aromatic heterocycles. The van der Waals surface area contributed by atoms with Crippen molar-refractivity contribution in [2.24, 2.45) is 4.99 Å². The van der Waals surface area contributed by atoms with Crippen molar-refractivity contribution < 1.29 is 18.8 Å². The summed E-state index contributed by atoms with van der Waals surface area (Å²) >= 11 is 0. The molecule has 0 bridgehead atoms. The van der Waals surface area contributed by atoms with E-state index in [-0.39, 0.29) is 23.1 Å². The first-order valence-corrected chi connectivity index (χ1v) is 15.3. The van der Waals surface area contributed by atoms with Crippen molar-refractivity contribution in [2.75, 3.05) is 23.9 Å². The first kappa shape index (κ1) is 31.5. The number of carbonyl (C=O) groups excluding carboxylic acids is 3. The largest absolute Gasteiger partial charge is 0.314 e. The number of halogens is 1. The van der Waals surface area contributed by atoms with Gasteiger partial charge in [-0.15, -0.1) is 0 Å². The van der Waals surface area contributed by atoms with Crippen LogP contribution in [0.1, 0.15) is 49.9 Å². The van der Waals surface area contributed by atoms with Gasteiger partial charge >= 0.3 is 0 Å². The highest BCUT2D eigenvalue weighted by atomic mass is 19.1. The number of aliphatic imine (C=N–C) groups is 1. The van der Waals surface area contributed by atoms with E-state index in [1.807, 2.05) is 58.3 Å². The van der Waals surface area contributed by atoms with Gasteiger partial charge in [0, 0.05) is 85.5 Å². The molecule has 3 aliphatic heterocycles. The molecule has 0 atom stereocenters. The van der Waals surface area contributed by atoms with E-state index in [9.17, 15) is 18.8 Å². The number of allylic oxidation sites excluding steroid dienone is 1. The van der Waals surface area contributed by atoms with Crippen molar-refractivity contribution in [1.29, 1.82) is 0 Å². The SMILES string of the molecule is CN1C(=O)C(C)(C)c2cnc(-c3ccnc(F)c3)cc21.Cc1cc(-c2cc3c(cn2)C2(CC2)C(=O)N3C)ccn1.O=C1CC=CC=N1. The summed E-state index contributed by atoms with van der Waals surface area (Å²) in [6.45, 7) is 5.72. The van der Waals surface area contributed by atoms with Crippen LogP contribution >= 0.6 is 0 Å². The highest BCUT2D eigenvalue weighted by Gasteiger charge is 2.58. The fraction of sp³-hybridized carbons (Fsp3) is 0.278. The Hall–Kier alpha value is -5.45. The molecule has 10 nitrogen and oxygen atoms in total. The number of hydrogen-bond donors (Lipinski definition) is 0. The van der Waals surface area contributed by atoms with Crippen molar-refractivity contribution in [3.05, 3.63) is 96.1 Å². The lowest BCUT2D eigenvalue weighted by molar-refractivity contribution is -0.122. The van der Waals surface area contributed by atoms with Gasteiger partial charge in [0.2, 0.25) is 23.7 Å². The number of aromatic nitrogens is 4. The van der Waals surface area contributed by atoms with E-state index in [1.54, 1.807) is 47.5 Å². The lowest BCUT2D eigenvalue weighted by Crippen LogP contribution is -2.33. The summed E-state index contributed by atoms with van der Waals surface area (Å²) in [6.07, 6.45) is 14.2. The van der Waals surface area contributed by atoms with Gasteiger partial charge in [-0.25, -0.2) is 9.98 Å². The van der Waals surface area contributed by atoms with Gasteiger partial charge < -0.3 is 9.80 Å². The Kier molecular flexibility index (Phi) is 8.08. The first-order valence-electron chi connectivity index (χ1n) is 15.3. The number of anilines is 2. The second-order valence-electron chi connectivity index (χ2n) is 12.5. The minimum absolute atomic E-state index is 0.0346. The van der Waals surface area contributed by atoms with Crippen molar-refractivity contribution >= 4 is 35.3 Å². The van der Waals surface area contributed by atoms with Gasteiger partial charge in [0.25, 0.3) is 0 Å². The molecule has 8 rings (SSSR count). The molecular weight excluding hydrogens is 597 g/mol. The fourth-order valence-electron chi connectivity index (χ4n) is 6.08. The molecule has 0 radical (unpaired) electrons. The van der Waals surface area contributed by atoms with E-state index in [4.69, 9.17) is 0 Å². The van der Waals surface area contributed by atoms with E-state index in [0.29, 0.717) is 17.7 Å². The minimum Gasteiger partial charge on any atom is -0.314 e. The van der Waals surface area contributed by atoms with E-state index in [2.05, 4.69) is 24.9 Å². The molecule has 1 spiro atoms. The highest BCUT2D eigenvalue weighted by molar-refractivity contribution is 6.10. The molecule has 1 saturated carbocycles. The summed E-state index contributed by atoms with van der Waals surface area (Å²) in [5, 5.41) is 0. The smallest absolute Gasteiger partial charge is 0.249 e. The van der Waals surface area contributed by atoms with E-state index >= 15 is 0 Å². The van der Waals surface area contributed by atoms with Crippen LogP contribution in [0, 0.1) is 12.9 Å². The number of nitrogens with zero attached hydrogens (tertiary/aromatic N) is 7. The van der Waals surface area contributed by atoms with Crippen molar-refractivity contribution in [1.82, 2.24) is 19.9 Å². The van der Waals surface area contributed by atoms with Gasteiger partial charge in [-0.1, -0.05) is 6.08 Å². The zero-order chi connectivity index (χ0) is 33.5. The van der Waals surface area contributed by atoms with Crippen LogP contribution in [-0.2, 0) is 25.2 Å². The van der Waals surface area contributed by atoms with Gasteiger partial charge in [0.05, 0.1) is 33.6 Å². The Bertz CT molecular complexity index is 1870. The van der Waals surface area contributed by atoms with Crippen LogP contribution < -0.4 is 9.80 Å². The normalized spacial score (nSPS) is 17.5. The van der Waals surface area contributed by atoms with Crippen LogP contribution in [0.25, 0.3) is 22.5 Å². The third-order valence-corrected chi connectivity index (χ3v) is 8.93. The number of amides is 3. The molecule has 238 valence electrons. The van der Waals surface area contributed by atoms with Crippen LogP contribution in [0.5, 0.6) is 0 Å². The third-order valence-electron chi connectivity index (χ3n) is 8.93. The molecule has 4 aliphatic rings. The zero-order valence-electron chi connectivity index (χ0n) is 26.9. The number of aryl methyl sites for hydroxylation is 1. The minimum atomic E-state index is -0.570. The lowest BCUT2D eigenvalue weighted by atomic mass is 9.87.